The molecule has 0 N–H and O–H groups in total. The highest BCUT2D eigenvalue weighted by atomic mass is 32.1. The van der Waals surface area contributed by atoms with Gasteiger partial charge in [0, 0.05) is 51.4 Å². The fourth-order valence-corrected chi connectivity index (χ4v) is 12.8. The molecule has 0 atom stereocenters. The number of benzene rings is 10. The lowest BCUT2D eigenvalue weighted by atomic mass is 9.72. The second kappa shape index (κ2) is 12.6. The van der Waals surface area contributed by atoms with Gasteiger partial charge in [-0.1, -0.05) is 153 Å². The Hall–Kier alpha value is -6.78. The summed E-state index contributed by atoms with van der Waals surface area (Å²) in [6.45, 7) is 4.85. The standard InChI is InChI=1S/C57H37NS2/c1-57(2)49-31-34(37-19-11-21-46-44-17-7-9-23-53(44)59-55(37)46)25-29-51(49)58(36-27-28-43-41-15-4-3-13-39(41)40-14-5-6-16-42(40)48(43)33-36)52-30-26-35(32-50(52)57)38-20-12-22-47-45-18-8-10-24-54(45)60-56(38)47/h3-33H,1-2H3. The van der Waals surface area contributed by atoms with E-state index in [1.165, 1.54) is 123 Å². The Bertz CT molecular complexity index is 3570. The highest BCUT2D eigenvalue weighted by Gasteiger charge is 2.38. The molecule has 10 aromatic carbocycles. The summed E-state index contributed by atoms with van der Waals surface area (Å²) in [5.41, 5.74) is 11.1. The van der Waals surface area contributed by atoms with Crippen molar-refractivity contribution in [3.8, 4) is 22.3 Å². The van der Waals surface area contributed by atoms with Crippen LogP contribution in [0, 0.1) is 0 Å². The first-order valence-corrected chi connectivity index (χ1v) is 22.4. The van der Waals surface area contributed by atoms with Gasteiger partial charge in [0.1, 0.15) is 0 Å². The molecule has 0 aliphatic carbocycles. The van der Waals surface area contributed by atoms with E-state index in [9.17, 15) is 0 Å². The van der Waals surface area contributed by atoms with Crippen molar-refractivity contribution in [2.45, 2.75) is 19.3 Å². The zero-order valence-corrected chi connectivity index (χ0v) is 34.8. The number of hydrogen-bond donors (Lipinski definition) is 0. The second-order valence-electron chi connectivity index (χ2n) is 16.8. The maximum absolute atomic E-state index is 2.53. The molecule has 60 heavy (non-hydrogen) atoms. The summed E-state index contributed by atoms with van der Waals surface area (Å²) in [5, 5.41) is 13.0. The Kier molecular flexibility index (Phi) is 7.17. The van der Waals surface area contributed by atoms with Crippen molar-refractivity contribution in [2.24, 2.45) is 0 Å². The molecule has 12 aromatic rings. The first-order valence-electron chi connectivity index (χ1n) is 20.7. The van der Waals surface area contributed by atoms with Crippen LogP contribution >= 0.6 is 22.7 Å². The SMILES string of the molecule is CC1(C)c2cc(-c3cccc4c3sc3ccccc34)ccc2N(c2ccc3c4ccccc4c4ccccc4c3c2)c2ccc(-c3cccc4c3sc3ccccc34)cc21. The van der Waals surface area contributed by atoms with Crippen LogP contribution < -0.4 is 4.90 Å². The number of fused-ring (bicyclic) bond motifs is 14. The van der Waals surface area contributed by atoms with Gasteiger partial charge >= 0.3 is 0 Å². The molecule has 3 heteroatoms. The first kappa shape index (κ1) is 34.1. The van der Waals surface area contributed by atoms with Gasteiger partial charge in [0.15, 0.2) is 0 Å². The van der Waals surface area contributed by atoms with Crippen molar-refractivity contribution < 1.29 is 0 Å². The summed E-state index contributed by atoms with van der Waals surface area (Å²) in [7, 11) is 0. The van der Waals surface area contributed by atoms with Gasteiger partial charge < -0.3 is 4.90 Å². The highest BCUT2D eigenvalue weighted by Crippen LogP contribution is 2.55. The van der Waals surface area contributed by atoms with Gasteiger partial charge in [0.2, 0.25) is 0 Å². The van der Waals surface area contributed by atoms with Crippen LogP contribution in [0.4, 0.5) is 17.1 Å². The van der Waals surface area contributed by atoms with Gasteiger partial charge in [0.25, 0.3) is 0 Å². The lowest BCUT2D eigenvalue weighted by Gasteiger charge is -2.42. The van der Waals surface area contributed by atoms with Crippen molar-refractivity contribution >= 4 is 112 Å². The summed E-state index contributed by atoms with van der Waals surface area (Å²) in [4.78, 5) is 2.53. The normalized spacial score (nSPS) is 13.6. The van der Waals surface area contributed by atoms with Crippen LogP contribution in [0.25, 0.3) is 94.9 Å². The van der Waals surface area contributed by atoms with Gasteiger partial charge in [-0.3, -0.25) is 0 Å². The molecule has 1 aliphatic rings. The Balaban J connectivity index is 1.07. The van der Waals surface area contributed by atoms with Crippen LogP contribution in [0.3, 0.4) is 0 Å². The van der Waals surface area contributed by atoms with Crippen molar-refractivity contribution in [1.82, 2.24) is 0 Å². The summed E-state index contributed by atoms with van der Waals surface area (Å²) in [6.07, 6.45) is 0. The van der Waals surface area contributed by atoms with Crippen molar-refractivity contribution in [3.05, 3.63) is 199 Å². The molecule has 0 spiro atoms. The lowest BCUT2D eigenvalue weighted by molar-refractivity contribution is 0.632. The Labute approximate surface area is 356 Å². The van der Waals surface area contributed by atoms with E-state index in [-0.39, 0.29) is 5.41 Å². The van der Waals surface area contributed by atoms with E-state index in [0.29, 0.717) is 0 Å². The van der Waals surface area contributed by atoms with E-state index in [4.69, 9.17) is 0 Å². The maximum Gasteiger partial charge on any atom is 0.0503 e. The molecule has 0 saturated carbocycles. The molecule has 0 saturated heterocycles. The molecule has 0 radical (unpaired) electrons. The molecule has 0 fully saturated rings. The number of thiophene rings is 2. The molecule has 3 heterocycles. The zero-order valence-electron chi connectivity index (χ0n) is 33.2. The van der Waals surface area contributed by atoms with Gasteiger partial charge in [-0.25, -0.2) is 0 Å². The lowest BCUT2D eigenvalue weighted by Crippen LogP contribution is -2.30. The monoisotopic (exact) mass is 799 g/mol. The molecule has 13 rings (SSSR count). The minimum atomic E-state index is -0.297. The molecular weight excluding hydrogens is 763 g/mol. The average molecular weight is 800 g/mol. The van der Waals surface area contributed by atoms with Crippen LogP contribution in [0.15, 0.2) is 188 Å². The number of anilines is 3. The van der Waals surface area contributed by atoms with Gasteiger partial charge in [-0.05, 0) is 114 Å². The predicted octanol–water partition coefficient (Wildman–Crippen LogP) is 17.3. The summed E-state index contributed by atoms with van der Waals surface area (Å²) in [6, 6.07) is 70.6. The van der Waals surface area contributed by atoms with Crippen LogP contribution in [0.5, 0.6) is 0 Å². The van der Waals surface area contributed by atoms with Gasteiger partial charge in [0.05, 0.1) is 11.4 Å². The quantitative estimate of drug-likeness (QED) is 0.161. The van der Waals surface area contributed by atoms with Gasteiger partial charge in [-0.15, -0.1) is 22.7 Å². The smallest absolute Gasteiger partial charge is 0.0503 e. The fourth-order valence-electron chi connectivity index (χ4n) is 10.3. The molecule has 282 valence electrons. The molecule has 0 bridgehead atoms. The summed E-state index contributed by atoms with van der Waals surface area (Å²) >= 11 is 3.80. The number of nitrogens with zero attached hydrogens (tertiary/aromatic N) is 1. The molecule has 1 aliphatic heterocycles. The van der Waals surface area contributed by atoms with E-state index in [1.807, 2.05) is 22.7 Å². The maximum atomic E-state index is 2.53. The third-order valence-corrected chi connectivity index (χ3v) is 15.7. The predicted molar refractivity (Wildman–Crippen MR) is 262 cm³/mol. The van der Waals surface area contributed by atoms with Crippen LogP contribution in [-0.4, -0.2) is 0 Å². The molecule has 0 amide bonds. The first-order chi connectivity index (χ1) is 29.5. The van der Waals surface area contributed by atoms with E-state index < -0.39 is 0 Å². The van der Waals surface area contributed by atoms with Crippen molar-refractivity contribution in [3.63, 3.8) is 0 Å². The van der Waals surface area contributed by atoms with Crippen molar-refractivity contribution in [1.29, 1.82) is 0 Å². The van der Waals surface area contributed by atoms with E-state index >= 15 is 0 Å². The Morgan fingerprint density at radius 1 is 0.350 bits per heavy atom. The molecular formula is C57H37NS2. The van der Waals surface area contributed by atoms with E-state index in [1.54, 1.807) is 0 Å². The Morgan fingerprint density at radius 2 is 0.767 bits per heavy atom. The number of rotatable bonds is 3. The summed E-state index contributed by atoms with van der Waals surface area (Å²) in [5.74, 6) is 0. The van der Waals surface area contributed by atoms with E-state index in [2.05, 4.69) is 207 Å². The average Bonchev–Trinajstić information content (AvgIpc) is 3.88. The zero-order chi connectivity index (χ0) is 39.7. The minimum Gasteiger partial charge on any atom is -0.310 e. The van der Waals surface area contributed by atoms with E-state index in [0.717, 1.165) is 0 Å². The largest absolute Gasteiger partial charge is 0.310 e. The van der Waals surface area contributed by atoms with Crippen LogP contribution in [0.1, 0.15) is 25.0 Å². The highest BCUT2D eigenvalue weighted by molar-refractivity contribution is 7.26. The molecule has 2 aromatic heterocycles. The van der Waals surface area contributed by atoms with Crippen LogP contribution in [-0.2, 0) is 5.41 Å². The van der Waals surface area contributed by atoms with Gasteiger partial charge in [-0.2, -0.15) is 0 Å². The Morgan fingerprint density at radius 3 is 1.27 bits per heavy atom. The third kappa shape index (κ3) is 4.79. The summed E-state index contributed by atoms with van der Waals surface area (Å²) < 4.78 is 5.35. The fraction of sp³-hybridized carbons (Fsp3) is 0.0526. The van der Waals surface area contributed by atoms with Crippen LogP contribution in [0.2, 0.25) is 0 Å². The molecule has 0 unspecified atom stereocenters. The second-order valence-corrected chi connectivity index (χ2v) is 18.9. The number of hydrogen-bond acceptors (Lipinski definition) is 3. The topological polar surface area (TPSA) is 3.24 Å². The van der Waals surface area contributed by atoms with Crippen molar-refractivity contribution in [2.75, 3.05) is 4.90 Å². The minimum absolute atomic E-state index is 0.297. The third-order valence-electron chi connectivity index (χ3n) is 13.2. The molecule has 1 nitrogen and oxygen atoms in total.